The summed E-state index contributed by atoms with van der Waals surface area (Å²) in [6, 6.07) is 0. The Hall–Kier alpha value is -0.120. The Morgan fingerprint density at radius 2 is 1.83 bits per heavy atom. The maximum Gasteiger partial charge on any atom is 0.305 e. The zero-order valence-electron chi connectivity index (χ0n) is 6.87. The van der Waals surface area contributed by atoms with Crippen LogP contribution in [0, 0.1) is 11.8 Å². The number of halogens is 1. The number of rotatable bonds is 1. The van der Waals surface area contributed by atoms with E-state index in [2.05, 4.69) is 0 Å². The first-order valence-electron chi connectivity index (χ1n) is 4.52. The van der Waals surface area contributed by atoms with Gasteiger partial charge in [-0.3, -0.25) is 0 Å². The molecule has 1 unspecified atom stereocenters. The van der Waals surface area contributed by atoms with Crippen molar-refractivity contribution in [1.82, 2.24) is 0 Å². The van der Waals surface area contributed by atoms with E-state index in [1.54, 1.807) is 0 Å². The van der Waals surface area contributed by atoms with Gasteiger partial charge in [-0.05, 0) is 24.7 Å². The summed E-state index contributed by atoms with van der Waals surface area (Å²) in [6.07, 6.45) is 4.87. The lowest BCUT2D eigenvalue weighted by Crippen LogP contribution is -2.46. The number of hydrogen-bond donors (Lipinski definition) is 0. The molecule has 0 aromatic heterocycles. The summed E-state index contributed by atoms with van der Waals surface area (Å²) in [5, 5.41) is -0.650. The third-order valence-electron chi connectivity index (χ3n) is 3.34. The normalized spacial score (nSPS) is 41.6. The molecule has 0 saturated heterocycles. The average molecular weight is 192 g/mol. The van der Waals surface area contributed by atoms with Crippen LogP contribution in [0.25, 0.3) is 0 Å². The van der Waals surface area contributed by atoms with Crippen LogP contribution in [0.5, 0.6) is 0 Å². The molecule has 2 saturated carbocycles. The van der Waals surface area contributed by atoms with Crippen LogP contribution in [0.3, 0.4) is 0 Å². The largest absolute Gasteiger partial charge is 0.305 e. The van der Waals surface area contributed by atoms with Crippen molar-refractivity contribution >= 4 is 10.2 Å². The molecule has 0 aromatic rings. The van der Waals surface area contributed by atoms with Gasteiger partial charge in [0, 0.05) is 0 Å². The molecule has 0 aromatic carbocycles. The number of hydrogen-bond acceptors (Lipinski definition) is 2. The molecule has 0 N–H and O–H groups in total. The van der Waals surface area contributed by atoms with Crippen LogP contribution in [0.2, 0.25) is 0 Å². The van der Waals surface area contributed by atoms with Gasteiger partial charge in [0.15, 0.2) is 0 Å². The highest BCUT2D eigenvalue weighted by molar-refractivity contribution is 7.87. The van der Waals surface area contributed by atoms with E-state index in [0.29, 0.717) is 12.3 Å². The molecule has 0 amide bonds. The zero-order chi connectivity index (χ0) is 8.77. The molecule has 0 radical (unpaired) electrons. The van der Waals surface area contributed by atoms with E-state index in [1.807, 2.05) is 0 Å². The average Bonchev–Trinajstić information content (AvgIpc) is 1.88. The van der Waals surface area contributed by atoms with Gasteiger partial charge in [0.05, 0.1) is 5.25 Å². The molecule has 2 fully saturated rings. The molecule has 3 atom stereocenters. The minimum atomic E-state index is -4.24. The molecule has 0 spiro atoms. The van der Waals surface area contributed by atoms with E-state index >= 15 is 0 Å². The summed E-state index contributed by atoms with van der Waals surface area (Å²) >= 11 is 0. The van der Waals surface area contributed by atoms with E-state index in [0.717, 1.165) is 19.3 Å². The Bertz CT molecular complexity index is 273. The molecular formula is C8H13FO2S. The summed E-state index contributed by atoms with van der Waals surface area (Å²) in [5.41, 5.74) is 0. The van der Waals surface area contributed by atoms with E-state index in [-0.39, 0.29) is 5.92 Å². The smallest absolute Gasteiger partial charge is 0.195 e. The SMILES string of the molecule is O=S(=O)(F)C1C[C@@H]2CCCC[C@H]12. The van der Waals surface area contributed by atoms with Crippen molar-refractivity contribution in [2.45, 2.75) is 37.4 Å². The Balaban J connectivity index is 2.06. The topological polar surface area (TPSA) is 34.1 Å². The highest BCUT2D eigenvalue weighted by atomic mass is 32.3. The van der Waals surface area contributed by atoms with Gasteiger partial charge in [0.2, 0.25) is 0 Å². The van der Waals surface area contributed by atoms with Gasteiger partial charge in [-0.1, -0.05) is 19.3 Å². The summed E-state index contributed by atoms with van der Waals surface area (Å²) < 4.78 is 33.8. The standard InChI is InChI=1S/C8H13FO2S/c9-12(10,11)8-5-6-3-1-2-4-7(6)8/h6-8H,1-5H2/t6-,7-,8?/m0/s1. The van der Waals surface area contributed by atoms with Crippen molar-refractivity contribution in [2.24, 2.45) is 11.8 Å². The maximum atomic E-state index is 12.6. The van der Waals surface area contributed by atoms with Crippen LogP contribution in [0.15, 0.2) is 0 Å². The monoisotopic (exact) mass is 192 g/mol. The van der Waals surface area contributed by atoms with Gasteiger partial charge >= 0.3 is 10.2 Å². The van der Waals surface area contributed by atoms with Crippen molar-refractivity contribution in [3.05, 3.63) is 0 Å². The molecule has 12 heavy (non-hydrogen) atoms. The summed E-state index contributed by atoms with van der Waals surface area (Å²) in [7, 11) is -4.24. The van der Waals surface area contributed by atoms with Crippen LogP contribution in [-0.4, -0.2) is 13.7 Å². The lowest BCUT2D eigenvalue weighted by atomic mass is 9.65. The van der Waals surface area contributed by atoms with Crippen molar-refractivity contribution in [1.29, 1.82) is 0 Å². The third-order valence-corrected chi connectivity index (χ3v) is 4.61. The fraction of sp³-hybridized carbons (Fsp3) is 1.00. The zero-order valence-corrected chi connectivity index (χ0v) is 7.69. The van der Waals surface area contributed by atoms with E-state index in [4.69, 9.17) is 0 Å². The third kappa shape index (κ3) is 1.26. The first kappa shape index (κ1) is 8.48. The molecular weight excluding hydrogens is 179 g/mol. The highest BCUT2D eigenvalue weighted by Gasteiger charge is 2.48. The van der Waals surface area contributed by atoms with E-state index < -0.39 is 15.5 Å². The summed E-state index contributed by atoms with van der Waals surface area (Å²) in [4.78, 5) is 0. The second-order valence-electron chi connectivity index (χ2n) is 3.96. The molecule has 2 rings (SSSR count). The van der Waals surface area contributed by atoms with Crippen molar-refractivity contribution in [3.63, 3.8) is 0 Å². The van der Waals surface area contributed by atoms with Crippen LogP contribution in [-0.2, 0) is 10.2 Å². The first-order chi connectivity index (χ1) is 5.59. The predicted molar refractivity (Wildman–Crippen MR) is 43.9 cm³/mol. The molecule has 0 heterocycles. The fourth-order valence-electron chi connectivity index (χ4n) is 2.62. The molecule has 0 aliphatic heterocycles. The van der Waals surface area contributed by atoms with Crippen molar-refractivity contribution in [2.75, 3.05) is 0 Å². The minimum absolute atomic E-state index is 0.147. The number of fused-ring (bicyclic) bond motifs is 1. The Kier molecular flexibility index (Phi) is 1.90. The van der Waals surface area contributed by atoms with Crippen LogP contribution in [0.4, 0.5) is 3.89 Å². The van der Waals surface area contributed by atoms with Gasteiger partial charge in [-0.2, -0.15) is 8.42 Å². The van der Waals surface area contributed by atoms with Gasteiger partial charge in [-0.25, -0.2) is 0 Å². The second kappa shape index (κ2) is 2.69. The Labute approximate surface area is 72.4 Å². The quantitative estimate of drug-likeness (QED) is 0.594. The van der Waals surface area contributed by atoms with Gasteiger partial charge in [0.1, 0.15) is 0 Å². The van der Waals surface area contributed by atoms with Crippen LogP contribution >= 0.6 is 0 Å². The molecule has 2 nitrogen and oxygen atoms in total. The first-order valence-corrected chi connectivity index (χ1v) is 5.97. The minimum Gasteiger partial charge on any atom is -0.195 e. The lowest BCUT2D eigenvalue weighted by Gasteiger charge is -2.45. The van der Waals surface area contributed by atoms with Crippen molar-refractivity contribution in [3.8, 4) is 0 Å². The molecule has 2 aliphatic carbocycles. The lowest BCUT2D eigenvalue weighted by molar-refractivity contribution is 0.117. The highest BCUT2D eigenvalue weighted by Crippen LogP contribution is 2.48. The van der Waals surface area contributed by atoms with Gasteiger partial charge < -0.3 is 0 Å². The van der Waals surface area contributed by atoms with E-state index in [1.165, 1.54) is 6.42 Å². The predicted octanol–water partition coefficient (Wildman–Crippen LogP) is 1.86. The van der Waals surface area contributed by atoms with Gasteiger partial charge in [-0.15, -0.1) is 3.89 Å². The summed E-state index contributed by atoms with van der Waals surface area (Å²) in [5.74, 6) is 0.656. The molecule has 0 bridgehead atoms. The fourth-order valence-corrected chi connectivity index (χ4v) is 3.87. The second-order valence-corrected chi connectivity index (χ2v) is 5.51. The maximum absolute atomic E-state index is 12.6. The molecule has 70 valence electrons. The van der Waals surface area contributed by atoms with Crippen molar-refractivity contribution < 1.29 is 12.3 Å². The Morgan fingerprint density at radius 1 is 1.17 bits per heavy atom. The Morgan fingerprint density at radius 3 is 2.42 bits per heavy atom. The molecule has 2 aliphatic rings. The van der Waals surface area contributed by atoms with Crippen LogP contribution in [0.1, 0.15) is 32.1 Å². The molecule has 4 heteroatoms. The van der Waals surface area contributed by atoms with E-state index in [9.17, 15) is 12.3 Å². The van der Waals surface area contributed by atoms with Crippen LogP contribution < -0.4 is 0 Å². The summed E-state index contributed by atoms with van der Waals surface area (Å²) in [6.45, 7) is 0. The van der Waals surface area contributed by atoms with Gasteiger partial charge in [0.25, 0.3) is 0 Å².